The number of hydrogen-bond acceptors (Lipinski definition) is 6. The van der Waals surface area contributed by atoms with Crippen molar-refractivity contribution in [1.82, 2.24) is 4.98 Å². The van der Waals surface area contributed by atoms with Gasteiger partial charge in [0.1, 0.15) is 5.69 Å². The van der Waals surface area contributed by atoms with Gasteiger partial charge in [0.2, 0.25) is 0 Å². The first-order valence-corrected chi connectivity index (χ1v) is 7.81. The van der Waals surface area contributed by atoms with E-state index in [2.05, 4.69) is 20.4 Å². The fourth-order valence-corrected chi connectivity index (χ4v) is 2.15. The summed E-state index contributed by atoms with van der Waals surface area (Å²) in [7, 11) is 2.90. The Kier molecular flexibility index (Phi) is 6.73. The first-order chi connectivity index (χ1) is 12.0. The fraction of sp³-hybridized carbons (Fsp3) is 0.235. The van der Waals surface area contributed by atoms with Crippen LogP contribution in [-0.2, 0) is 9.47 Å². The Bertz CT molecular complexity index is 750. The van der Waals surface area contributed by atoms with Gasteiger partial charge in [-0.2, -0.15) is 0 Å². The largest absolute Gasteiger partial charge is 0.465 e. The molecule has 7 nitrogen and oxygen atoms in total. The van der Waals surface area contributed by atoms with Gasteiger partial charge in [-0.1, -0.05) is 11.6 Å². The van der Waals surface area contributed by atoms with E-state index < -0.39 is 11.9 Å². The molecule has 0 aliphatic heterocycles. The third-order valence-corrected chi connectivity index (χ3v) is 3.60. The number of esters is 1. The molecule has 2 N–H and O–H groups in total. The summed E-state index contributed by atoms with van der Waals surface area (Å²) >= 11 is 6.06. The summed E-state index contributed by atoms with van der Waals surface area (Å²) in [6.45, 7) is 1.21. The average Bonchev–Trinajstić information content (AvgIpc) is 2.63. The molecule has 1 heterocycles. The number of rotatable bonds is 7. The number of carbonyl (C=O) groups excluding carboxylic acids is 2. The Morgan fingerprint density at radius 3 is 2.64 bits per heavy atom. The second-order valence-corrected chi connectivity index (χ2v) is 5.40. The summed E-state index contributed by atoms with van der Waals surface area (Å²) in [5.74, 6) is -0.955. The molecule has 0 unspecified atom stereocenters. The van der Waals surface area contributed by atoms with Crippen molar-refractivity contribution >= 4 is 34.9 Å². The number of methoxy groups -OCH3 is 2. The van der Waals surface area contributed by atoms with Crippen molar-refractivity contribution in [2.45, 2.75) is 0 Å². The Morgan fingerprint density at radius 2 is 2.00 bits per heavy atom. The minimum Gasteiger partial charge on any atom is -0.465 e. The van der Waals surface area contributed by atoms with Crippen molar-refractivity contribution in [3.05, 3.63) is 52.8 Å². The molecule has 25 heavy (non-hydrogen) atoms. The lowest BCUT2D eigenvalue weighted by atomic mass is 10.2. The highest BCUT2D eigenvalue weighted by atomic mass is 35.5. The average molecular weight is 364 g/mol. The van der Waals surface area contributed by atoms with Gasteiger partial charge < -0.3 is 20.1 Å². The van der Waals surface area contributed by atoms with Crippen LogP contribution in [0.4, 0.5) is 11.4 Å². The van der Waals surface area contributed by atoms with Crippen LogP contribution in [0.5, 0.6) is 0 Å². The van der Waals surface area contributed by atoms with Crippen molar-refractivity contribution in [2.75, 3.05) is 38.0 Å². The second kappa shape index (κ2) is 9.00. The van der Waals surface area contributed by atoms with E-state index in [1.807, 2.05) is 0 Å². The van der Waals surface area contributed by atoms with Crippen LogP contribution in [0.15, 0.2) is 36.5 Å². The number of nitrogens with one attached hydrogen (secondary N) is 2. The smallest absolute Gasteiger partial charge is 0.337 e. The highest BCUT2D eigenvalue weighted by Gasteiger charge is 2.13. The van der Waals surface area contributed by atoms with E-state index in [4.69, 9.17) is 16.3 Å². The van der Waals surface area contributed by atoms with Gasteiger partial charge in [-0.15, -0.1) is 0 Å². The van der Waals surface area contributed by atoms with Crippen molar-refractivity contribution in [1.29, 1.82) is 0 Å². The number of anilines is 2. The highest BCUT2D eigenvalue weighted by molar-refractivity contribution is 6.34. The summed E-state index contributed by atoms with van der Waals surface area (Å²) in [4.78, 5) is 28.0. The first kappa shape index (κ1) is 18.7. The molecule has 2 aromatic rings. The first-order valence-electron chi connectivity index (χ1n) is 7.43. The Labute approximate surface area is 150 Å². The minimum absolute atomic E-state index is 0.219. The zero-order chi connectivity index (χ0) is 18.2. The van der Waals surface area contributed by atoms with Gasteiger partial charge in [0, 0.05) is 13.7 Å². The maximum atomic E-state index is 12.3. The lowest BCUT2D eigenvalue weighted by Gasteiger charge is -2.09. The normalized spacial score (nSPS) is 10.2. The quantitative estimate of drug-likeness (QED) is 0.580. The summed E-state index contributed by atoms with van der Waals surface area (Å²) in [5.41, 5.74) is 1.59. The van der Waals surface area contributed by atoms with Crippen molar-refractivity contribution < 1.29 is 19.1 Å². The SMILES string of the molecule is COCCNc1ccc(C(=O)Nc2cc(C(=O)OC)ccc2Cl)nc1. The molecule has 8 heteroatoms. The van der Waals surface area contributed by atoms with Crippen LogP contribution in [0.3, 0.4) is 0 Å². The number of pyridine rings is 1. The van der Waals surface area contributed by atoms with Crippen molar-refractivity contribution in [3.63, 3.8) is 0 Å². The number of aromatic nitrogens is 1. The number of hydrogen-bond donors (Lipinski definition) is 2. The van der Waals surface area contributed by atoms with Crippen LogP contribution in [0.1, 0.15) is 20.8 Å². The van der Waals surface area contributed by atoms with Gasteiger partial charge in [0.05, 0.1) is 41.9 Å². The lowest BCUT2D eigenvalue weighted by Crippen LogP contribution is -2.15. The van der Waals surface area contributed by atoms with E-state index in [0.717, 1.165) is 5.69 Å². The maximum absolute atomic E-state index is 12.3. The van der Waals surface area contributed by atoms with E-state index >= 15 is 0 Å². The predicted molar refractivity (Wildman–Crippen MR) is 95.3 cm³/mol. The van der Waals surface area contributed by atoms with Gasteiger partial charge in [-0.25, -0.2) is 9.78 Å². The molecule has 0 radical (unpaired) electrons. The lowest BCUT2D eigenvalue weighted by molar-refractivity contribution is 0.0600. The van der Waals surface area contributed by atoms with Gasteiger partial charge >= 0.3 is 5.97 Å². The van der Waals surface area contributed by atoms with Crippen LogP contribution in [0.25, 0.3) is 0 Å². The Morgan fingerprint density at radius 1 is 1.20 bits per heavy atom. The van der Waals surface area contributed by atoms with Gasteiger partial charge in [-0.3, -0.25) is 4.79 Å². The molecule has 2 rings (SSSR count). The third kappa shape index (κ3) is 5.17. The number of ether oxygens (including phenoxy) is 2. The number of halogens is 1. The molecule has 0 fully saturated rings. The van der Waals surface area contributed by atoms with Crippen molar-refractivity contribution in [3.8, 4) is 0 Å². The molecule has 0 saturated carbocycles. The summed E-state index contributed by atoms with van der Waals surface area (Å²) in [6.07, 6.45) is 1.55. The number of amides is 1. The van der Waals surface area contributed by atoms with Gasteiger partial charge in [0.25, 0.3) is 5.91 Å². The fourth-order valence-electron chi connectivity index (χ4n) is 1.98. The molecule has 0 saturated heterocycles. The van der Waals surface area contributed by atoms with Crippen LogP contribution in [-0.4, -0.2) is 44.2 Å². The molecular weight excluding hydrogens is 346 g/mol. The number of carbonyl (C=O) groups is 2. The zero-order valence-electron chi connectivity index (χ0n) is 13.8. The molecule has 0 atom stereocenters. The standard InChI is InChI=1S/C17H18ClN3O4/c1-24-8-7-19-12-4-6-14(20-10-12)16(22)21-15-9-11(17(23)25-2)3-5-13(15)18/h3-6,9-10,19H,7-8H2,1-2H3,(H,21,22). The molecule has 1 aromatic heterocycles. The molecule has 132 valence electrons. The molecule has 0 bridgehead atoms. The molecule has 1 amide bonds. The molecule has 1 aromatic carbocycles. The van der Waals surface area contributed by atoms with Crippen LogP contribution in [0.2, 0.25) is 5.02 Å². The third-order valence-electron chi connectivity index (χ3n) is 3.27. The Balaban J connectivity index is 2.07. The summed E-state index contributed by atoms with van der Waals surface area (Å²) < 4.78 is 9.60. The minimum atomic E-state index is -0.517. The molecule has 0 aliphatic carbocycles. The predicted octanol–water partition coefficient (Wildman–Crippen LogP) is 2.83. The van der Waals surface area contributed by atoms with Crippen LogP contribution in [0, 0.1) is 0 Å². The van der Waals surface area contributed by atoms with E-state index in [1.54, 1.807) is 25.4 Å². The number of nitrogens with zero attached hydrogens (tertiary/aromatic N) is 1. The van der Waals surface area contributed by atoms with E-state index in [9.17, 15) is 9.59 Å². The van der Waals surface area contributed by atoms with E-state index in [1.165, 1.54) is 25.3 Å². The van der Waals surface area contributed by atoms with Crippen molar-refractivity contribution in [2.24, 2.45) is 0 Å². The van der Waals surface area contributed by atoms with Gasteiger partial charge in [0.15, 0.2) is 0 Å². The van der Waals surface area contributed by atoms with E-state index in [-0.39, 0.29) is 11.3 Å². The summed E-state index contributed by atoms with van der Waals surface area (Å²) in [6, 6.07) is 7.81. The zero-order valence-corrected chi connectivity index (χ0v) is 14.6. The monoisotopic (exact) mass is 363 g/mol. The topological polar surface area (TPSA) is 89.6 Å². The second-order valence-electron chi connectivity index (χ2n) is 4.99. The maximum Gasteiger partial charge on any atom is 0.337 e. The molecule has 0 aliphatic rings. The van der Waals surface area contributed by atoms with E-state index in [0.29, 0.717) is 23.9 Å². The van der Waals surface area contributed by atoms with Crippen LogP contribution >= 0.6 is 11.6 Å². The van der Waals surface area contributed by atoms with Crippen LogP contribution < -0.4 is 10.6 Å². The number of benzene rings is 1. The summed E-state index contributed by atoms with van der Waals surface area (Å²) in [5, 5.41) is 6.05. The Hall–Kier alpha value is -2.64. The highest BCUT2D eigenvalue weighted by Crippen LogP contribution is 2.24. The molecule has 0 spiro atoms. The van der Waals surface area contributed by atoms with Gasteiger partial charge in [-0.05, 0) is 30.3 Å². The molecular formula is C17H18ClN3O4.